The number of nitrogens with zero attached hydrogens (tertiary/aromatic N) is 1. The number of benzene rings is 9. The summed E-state index contributed by atoms with van der Waals surface area (Å²) in [6.45, 7) is 16.7. The summed E-state index contributed by atoms with van der Waals surface area (Å²) in [6, 6.07) is 60.9. The van der Waals surface area contributed by atoms with E-state index in [2.05, 4.69) is 211 Å². The van der Waals surface area contributed by atoms with Crippen molar-refractivity contribution in [1.29, 1.82) is 0 Å². The average Bonchev–Trinajstić information content (AvgIpc) is 3.91. The number of hydrogen-bond acceptors (Lipinski definition) is 1. The van der Waals surface area contributed by atoms with E-state index in [1.807, 2.05) is 0 Å². The molecule has 0 aliphatic heterocycles. The Morgan fingerprint density at radius 2 is 0.839 bits per heavy atom. The molecule has 0 saturated heterocycles. The molecule has 1 heteroatoms. The van der Waals surface area contributed by atoms with Crippen LogP contribution in [0.1, 0.15) is 91.6 Å². The Morgan fingerprint density at radius 3 is 1.48 bits per heavy atom. The quantitative estimate of drug-likeness (QED) is 0.172. The summed E-state index contributed by atoms with van der Waals surface area (Å²) in [5, 5.41) is 5.33. The highest BCUT2D eigenvalue weighted by atomic mass is 15.1. The fourth-order valence-corrected chi connectivity index (χ4v) is 12.3. The minimum absolute atomic E-state index is 0.0845. The fraction of sp³-hybridized carbons (Fsp3) is 0.180. The summed E-state index contributed by atoms with van der Waals surface area (Å²) in [4.78, 5) is 2.49. The first-order chi connectivity index (χ1) is 29.9. The molecule has 9 aromatic rings. The van der Waals surface area contributed by atoms with E-state index in [4.69, 9.17) is 0 Å². The van der Waals surface area contributed by atoms with Crippen LogP contribution in [-0.4, -0.2) is 0 Å². The molecular weight excluding hydrogens is 747 g/mol. The lowest BCUT2D eigenvalue weighted by molar-refractivity contribution is 0.652. The molecule has 298 valence electrons. The van der Waals surface area contributed by atoms with E-state index in [0.717, 1.165) is 6.42 Å². The van der Waals surface area contributed by atoms with E-state index in [1.54, 1.807) is 0 Å². The highest BCUT2D eigenvalue weighted by Gasteiger charge is 2.43. The normalized spacial score (nSPS) is 16.0. The molecule has 0 amide bonds. The van der Waals surface area contributed by atoms with Crippen molar-refractivity contribution in [2.45, 2.75) is 71.1 Å². The second kappa shape index (κ2) is 12.0. The van der Waals surface area contributed by atoms with Crippen molar-refractivity contribution < 1.29 is 0 Å². The Morgan fingerprint density at radius 1 is 0.355 bits per heavy atom. The van der Waals surface area contributed by atoms with Crippen LogP contribution in [-0.2, 0) is 22.7 Å². The summed E-state index contributed by atoms with van der Waals surface area (Å²) >= 11 is 0. The van der Waals surface area contributed by atoms with Crippen LogP contribution in [0.15, 0.2) is 158 Å². The van der Waals surface area contributed by atoms with Gasteiger partial charge < -0.3 is 4.90 Å². The van der Waals surface area contributed by atoms with Crippen molar-refractivity contribution in [3.63, 3.8) is 0 Å². The predicted octanol–water partition coefficient (Wildman–Crippen LogP) is 16.3. The maximum Gasteiger partial charge on any atom is 0.0465 e. The molecule has 13 rings (SSSR count). The molecule has 0 spiro atoms. The Balaban J connectivity index is 0.935. The molecule has 4 aliphatic carbocycles. The number of aryl methyl sites for hydroxylation is 1. The van der Waals surface area contributed by atoms with Gasteiger partial charge in [0.15, 0.2) is 0 Å². The summed E-state index contributed by atoms with van der Waals surface area (Å²) in [6.07, 6.45) is 0.987. The lowest BCUT2D eigenvalue weighted by Gasteiger charge is -2.30. The topological polar surface area (TPSA) is 3.24 Å². The standard InChI is InChI=1S/C61H49N/c1-35-16-21-40(22-17-35)62(41-23-25-45-48-29-39-28-38-19-18-36-12-8-10-14-43(36)57(38)47(39)32-54(48)60(4,5)52(45)30-41)42-24-26-46-49-33-56-50(34-55(49)61(6,7)53(46)31-42)58-44-15-11-9-13-37(44)20-27-51(58)59(56,2)3/h8-27,29-34H,28H2,1-7H3. The molecule has 4 aliphatic rings. The summed E-state index contributed by atoms with van der Waals surface area (Å²) in [5.41, 5.74) is 26.9. The van der Waals surface area contributed by atoms with E-state index in [-0.39, 0.29) is 16.2 Å². The number of rotatable bonds is 3. The second-order valence-corrected chi connectivity index (χ2v) is 20.2. The zero-order chi connectivity index (χ0) is 42.0. The molecule has 1 nitrogen and oxygen atoms in total. The van der Waals surface area contributed by atoms with E-state index in [9.17, 15) is 0 Å². The van der Waals surface area contributed by atoms with Gasteiger partial charge in [0.1, 0.15) is 0 Å². The molecule has 0 saturated carbocycles. The van der Waals surface area contributed by atoms with Crippen LogP contribution >= 0.6 is 0 Å². The summed E-state index contributed by atoms with van der Waals surface area (Å²) < 4.78 is 0. The number of fused-ring (bicyclic) bond motifs is 16. The van der Waals surface area contributed by atoms with Crippen molar-refractivity contribution in [3.8, 4) is 44.5 Å². The first-order valence-electron chi connectivity index (χ1n) is 22.5. The van der Waals surface area contributed by atoms with Crippen molar-refractivity contribution >= 4 is 38.6 Å². The SMILES string of the molecule is Cc1ccc(N(c2ccc3c(c2)C(C)(C)c2cc4c(cc2-3)Cc2ccc3ccccc3c2-4)c2ccc3c(c2)C(C)(C)c2cc4c(cc2-3)C(C)(C)c2ccc3ccccc3c2-4)cc1. The third-order valence-corrected chi connectivity index (χ3v) is 15.7. The molecule has 0 heterocycles. The fourth-order valence-electron chi connectivity index (χ4n) is 12.3. The van der Waals surface area contributed by atoms with Crippen LogP contribution in [0.5, 0.6) is 0 Å². The van der Waals surface area contributed by atoms with E-state index in [1.165, 1.54) is 133 Å². The van der Waals surface area contributed by atoms with Crippen LogP contribution < -0.4 is 4.90 Å². The highest BCUT2D eigenvalue weighted by Crippen LogP contribution is 2.59. The van der Waals surface area contributed by atoms with Gasteiger partial charge in [0.05, 0.1) is 0 Å². The molecule has 0 bridgehead atoms. The molecule has 0 atom stereocenters. The van der Waals surface area contributed by atoms with Gasteiger partial charge in [-0.1, -0.05) is 144 Å². The second-order valence-electron chi connectivity index (χ2n) is 20.2. The monoisotopic (exact) mass is 795 g/mol. The van der Waals surface area contributed by atoms with E-state index < -0.39 is 0 Å². The Bertz CT molecular complexity index is 3460. The molecule has 9 aromatic carbocycles. The third-order valence-electron chi connectivity index (χ3n) is 15.7. The van der Waals surface area contributed by atoms with Gasteiger partial charge in [0, 0.05) is 33.3 Å². The van der Waals surface area contributed by atoms with Gasteiger partial charge in [0.25, 0.3) is 0 Å². The van der Waals surface area contributed by atoms with Crippen molar-refractivity contribution in [2.75, 3.05) is 4.90 Å². The zero-order valence-corrected chi connectivity index (χ0v) is 36.7. The van der Waals surface area contributed by atoms with Gasteiger partial charge in [-0.3, -0.25) is 0 Å². The Kier molecular flexibility index (Phi) is 6.98. The smallest absolute Gasteiger partial charge is 0.0465 e. The summed E-state index contributed by atoms with van der Waals surface area (Å²) in [5.74, 6) is 0. The van der Waals surface area contributed by atoms with Crippen LogP contribution in [0.4, 0.5) is 17.1 Å². The van der Waals surface area contributed by atoms with E-state index in [0.29, 0.717) is 0 Å². The van der Waals surface area contributed by atoms with Gasteiger partial charge >= 0.3 is 0 Å². The van der Waals surface area contributed by atoms with Crippen LogP contribution in [0.25, 0.3) is 66.1 Å². The molecule has 62 heavy (non-hydrogen) atoms. The molecule has 0 radical (unpaired) electrons. The van der Waals surface area contributed by atoms with Crippen LogP contribution in [0, 0.1) is 6.92 Å². The first kappa shape index (κ1) is 36.0. The predicted molar refractivity (Wildman–Crippen MR) is 262 cm³/mol. The summed E-state index contributed by atoms with van der Waals surface area (Å²) in [7, 11) is 0. The molecule has 0 unspecified atom stereocenters. The lowest BCUT2D eigenvalue weighted by Crippen LogP contribution is -2.18. The maximum absolute atomic E-state index is 2.55. The molecular formula is C61H49N. The average molecular weight is 796 g/mol. The van der Waals surface area contributed by atoms with Gasteiger partial charge in [0.2, 0.25) is 0 Å². The van der Waals surface area contributed by atoms with Gasteiger partial charge in [-0.2, -0.15) is 0 Å². The first-order valence-corrected chi connectivity index (χ1v) is 22.5. The minimum atomic E-state index is -0.182. The third kappa shape index (κ3) is 4.64. The maximum atomic E-state index is 2.55. The van der Waals surface area contributed by atoms with Crippen molar-refractivity contribution in [2.24, 2.45) is 0 Å². The lowest BCUT2D eigenvalue weighted by atomic mass is 9.79. The highest BCUT2D eigenvalue weighted by molar-refractivity contribution is 6.05. The molecule has 0 N–H and O–H groups in total. The number of anilines is 3. The minimum Gasteiger partial charge on any atom is -0.310 e. The molecule has 0 aromatic heterocycles. The largest absolute Gasteiger partial charge is 0.310 e. The van der Waals surface area contributed by atoms with Gasteiger partial charge in [-0.25, -0.2) is 0 Å². The van der Waals surface area contributed by atoms with Crippen molar-refractivity contribution in [3.05, 3.63) is 208 Å². The van der Waals surface area contributed by atoms with Gasteiger partial charge in [-0.05, 0) is 185 Å². The Labute approximate surface area is 365 Å². The molecule has 0 fully saturated rings. The van der Waals surface area contributed by atoms with Crippen LogP contribution in [0.3, 0.4) is 0 Å². The number of hydrogen-bond donors (Lipinski definition) is 0. The van der Waals surface area contributed by atoms with Crippen LogP contribution in [0.2, 0.25) is 0 Å². The van der Waals surface area contributed by atoms with Crippen molar-refractivity contribution in [1.82, 2.24) is 0 Å². The van der Waals surface area contributed by atoms with Gasteiger partial charge in [-0.15, -0.1) is 0 Å². The van der Waals surface area contributed by atoms with E-state index >= 15 is 0 Å². The zero-order valence-electron chi connectivity index (χ0n) is 36.7. The Hall–Kier alpha value is -6.70.